The van der Waals surface area contributed by atoms with Crippen LogP contribution in [-0.4, -0.2) is 11.5 Å². The van der Waals surface area contributed by atoms with Gasteiger partial charge in [0, 0.05) is 6.07 Å². The van der Waals surface area contributed by atoms with Gasteiger partial charge in [-0.2, -0.15) is 0 Å². The molecule has 0 saturated heterocycles. The van der Waals surface area contributed by atoms with Crippen LogP contribution in [0.25, 0.3) is 0 Å². The fourth-order valence-corrected chi connectivity index (χ4v) is 2.91. The van der Waals surface area contributed by atoms with Crippen molar-refractivity contribution in [2.24, 2.45) is 5.73 Å². The molecule has 0 heterocycles. The van der Waals surface area contributed by atoms with Crippen molar-refractivity contribution in [2.45, 2.75) is 39.2 Å². The van der Waals surface area contributed by atoms with Crippen molar-refractivity contribution in [2.75, 3.05) is 6.54 Å². The van der Waals surface area contributed by atoms with E-state index >= 15 is 0 Å². The van der Waals surface area contributed by atoms with Crippen LogP contribution in [0.15, 0.2) is 78.9 Å². The van der Waals surface area contributed by atoms with E-state index < -0.39 is 0 Å². The minimum atomic E-state index is -0.379. The van der Waals surface area contributed by atoms with Crippen molar-refractivity contribution in [1.29, 1.82) is 0 Å². The van der Waals surface area contributed by atoms with Crippen molar-refractivity contribution in [3.8, 4) is 5.75 Å². The Kier molecular flexibility index (Phi) is 10.1. The van der Waals surface area contributed by atoms with Gasteiger partial charge in [0.1, 0.15) is 6.61 Å². The molecule has 0 unspecified atom stereocenters. The Bertz CT molecular complexity index is 883. The highest BCUT2D eigenvalue weighted by Gasteiger charge is 2.16. The first-order chi connectivity index (χ1) is 14.6. The second kappa shape index (κ2) is 13.1. The lowest BCUT2D eigenvalue weighted by Crippen LogP contribution is -2.01. The molecule has 158 valence electrons. The highest BCUT2D eigenvalue weighted by Crippen LogP contribution is 2.29. The normalized spacial score (nSPS) is 10.1. The molecule has 0 amide bonds. The fraction of sp³-hybridized carbons (Fsp3) is 0.280. The fourth-order valence-electron chi connectivity index (χ4n) is 2.91. The SMILES string of the molecule is CCCCc1ccc(OCc2ccccc2)c([N+](=O)[O-])c1.NCCc1ccccc1. The third-order valence-corrected chi connectivity index (χ3v) is 4.55. The summed E-state index contributed by atoms with van der Waals surface area (Å²) in [6, 6.07) is 25.1. The van der Waals surface area contributed by atoms with Crippen molar-refractivity contribution in [1.82, 2.24) is 0 Å². The molecule has 0 bridgehead atoms. The van der Waals surface area contributed by atoms with Gasteiger partial charge >= 0.3 is 5.69 Å². The van der Waals surface area contributed by atoms with E-state index in [1.807, 2.05) is 54.6 Å². The number of nitrogens with zero attached hydrogens (tertiary/aromatic N) is 1. The average molecular weight is 407 g/mol. The van der Waals surface area contributed by atoms with Crippen molar-refractivity contribution < 1.29 is 9.66 Å². The van der Waals surface area contributed by atoms with Gasteiger partial charge in [0.15, 0.2) is 5.75 Å². The van der Waals surface area contributed by atoms with Gasteiger partial charge in [-0.3, -0.25) is 10.1 Å². The highest BCUT2D eigenvalue weighted by atomic mass is 16.6. The Morgan fingerprint density at radius 2 is 1.50 bits per heavy atom. The van der Waals surface area contributed by atoms with Crippen molar-refractivity contribution in [3.05, 3.63) is 106 Å². The van der Waals surface area contributed by atoms with Crippen LogP contribution in [-0.2, 0) is 19.4 Å². The van der Waals surface area contributed by atoms with E-state index in [-0.39, 0.29) is 10.6 Å². The van der Waals surface area contributed by atoms with Crippen molar-refractivity contribution in [3.63, 3.8) is 0 Å². The standard InChI is InChI=1S/C17H19NO3.C8H11N/c1-2-3-7-14-10-11-17(16(12-14)18(19)20)21-13-15-8-5-4-6-9-15;9-7-6-8-4-2-1-3-5-8/h4-6,8-12H,2-3,7,13H2,1H3;1-5H,6-7,9H2. The third-order valence-electron chi connectivity index (χ3n) is 4.55. The van der Waals surface area contributed by atoms with Gasteiger partial charge in [0.05, 0.1) is 4.92 Å². The maximum absolute atomic E-state index is 11.2. The first-order valence-corrected chi connectivity index (χ1v) is 10.3. The van der Waals surface area contributed by atoms with E-state index in [1.54, 1.807) is 12.1 Å². The number of nitrogens with two attached hydrogens (primary N) is 1. The molecule has 30 heavy (non-hydrogen) atoms. The Morgan fingerprint density at radius 1 is 0.867 bits per heavy atom. The molecule has 0 aliphatic rings. The summed E-state index contributed by atoms with van der Waals surface area (Å²) in [6.45, 7) is 3.17. The number of ether oxygens (including phenoxy) is 1. The summed E-state index contributed by atoms with van der Waals surface area (Å²) < 4.78 is 5.60. The minimum absolute atomic E-state index is 0.0412. The van der Waals surface area contributed by atoms with Crippen LogP contribution in [0.3, 0.4) is 0 Å². The predicted molar refractivity (Wildman–Crippen MR) is 122 cm³/mol. The molecule has 5 nitrogen and oxygen atoms in total. The Morgan fingerprint density at radius 3 is 2.07 bits per heavy atom. The molecule has 0 atom stereocenters. The summed E-state index contributed by atoms with van der Waals surface area (Å²) in [5.74, 6) is 0.323. The molecule has 0 aromatic heterocycles. The van der Waals surface area contributed by atoms with Gasteiger partial charge in [0.25, 0.3) is 0 Å². The molecule has 5 heteroatoms. The van der Waals surface area contributed by atoms with E-state index in [4.69, 9.17) is 10.5 Å². The topological polar surface area (TPSA) is 78.4 Å². The van der Waals surface area contributed by atoms with E-state index in [9.17, 15) is 10.1 Å². The highest BCUT2D eigenvalue weighted by molar-refractivity contribution is 5.48. The van der Waals surface area contributed by atoms with E-state index in [0.29, 0.717) is 12.4 Å². The Labute approximate surface area is 178 Å². The lowest BCUT2D eigenvalue weighted by atomic mass is 10.1. The monoisotopic (exact) mass is 406 g/mol. The molecule has 0 aliphatic heterocycles. The Balaban J connectivity index is 0.000000297. The number of benzene rings is 3. The molecule has 0 radical (unpaired) electrons. The van der Waals surface area contributed by atoms with Gasteiger partial charge in [0.2, 0.25) is 0 Å². The zero-order valence-corrected chi connectivity index (χ0v) is 17.5. The molecule has 0 saturated carbocycles. The lowest BCUT2D eigenvalue weighted by molar-refractivity contribution is -0.386. The third kappa shape index (κ3) is 8.05. The zero-order chi connectivity index (χ0) is 21.6. The van der Waals surface area contributed by atoms with Gasteiger partial charge in [-0.25, -0.2) is 0 Å². The molecule has 3 aromatic rings. The van der Waals surface area contributed by atoms with Gasteiger partial charge < -0.3 is 10.5 Å². The second-order valence-electron chi connectivity index (χ2n) is 6.96. The number of hydrogen-bond acceptors (Lipinski definition) is 4. The summed E-state index contributed by atoms with van der Waals surface area (Å²) in [7, 11) is 0. The quantitative estimate of drug-likeness (QED) is 0.365. The summed E-state index contributed by atoms with van der Waals surface area (Å²) in [4.78, 5) is 10.8. The Hall–Kier alpha value is -3.18. The van der Waals surface area contributed by atoms with Crippen LogP contribution in [0.2, 0.25) is 0 Å². The van der Waals surface area contributed by atoms with Gasteiger partial charge in [-0.1, -0.05) is 80.1 Å². The number of aryl methyl sites for hydroxylation is 1. The number of nitro groups is 1. The number of hydrogen-bond donors (Lipinski definition) is 1. The first kappa shape index (κ1) is 23.1. The number of rotatable bonds is 9. The summed E-state index contributed by atoms with van der Waals surface area (Å²) >= 11 is 0. The molecular weight excluding hydrogens is 376 g/mol. The zero-order valence-electron chi connectivity index (χ0n) is 17.5. The molecule has 3 aromatic carbocycles. The molecule has 3 rings (SSSR count). The van der Waals surface area contributed by atoms with Gasteiger partial charge in [-0.05, 0) is 48.6 Å². The first-order valence-electron chi connectivity index (χ1n) is 10.3. The summed E-state index contributed by atoms with van der Waals surface area (Å²) in [6.07, 6.45) is 3.94. The lowest BCUT2D eigenvalue weighted by Gasteiger charge is -2.08. The van der Waals surface area contributed by atoms with Crippen LogP contribution in [0.4, 0.5) is 5.69 Å². The van der Waals surface area contributed by atoms with Crippen LogP contribution in [0.1, 0.15) is 36.5 Å². The number of nitro benzene ring substituents is 1. The van der Waals surface area contributed by atoms with Crippen LogP contribution in [0, 0.1) is 10.1 Å². The van der Waals surface area contributed by atoms with Crippen LogP contribution >= 0.6 is 0 Å². The predicted octanol–water partition coefficient (Wildman–Crippen LogP) is 5.70. The second-order valence-corrected chi connectivity index (χ2v) is 6.96. The smallest absolute Gasteiger partial charge is 0.311 e. The minimum Gasteiger partial charge on any atom is -0.482 e. The van der Waals surface area contributed by atoms with Crippen LogP contribution in [0.5, 0.6) is 5.75 Å². The largest absolute Gasteiger partial charge is 0.482 e. The van der Waals surface area contributed by atoms with Gasteiger partial charge in [-0.15, -0.1) is 0 Å². The average Bonchev–Trinajstić information content (AvgIpc) is 2.78. The van der Waals surface area contributed by atoms with E-state index in [1.165, 1.54) is 5.56 Å². The van der Waals surface area contributed by atoms with E-state index in [2.05, 4.69) is 19.1 Å². The molecule has 0 aliphatic carbocycles. The van der Waals surface area contributed by atoms with E-state index in [0.717, 1.165) is 43.4 Å². The molecule has 0 fully saturated rings. The maximum atomic E-state index is 11.2. The molecule has 2 N–H and O–H groups in total. The van der Waals surface area contributed by atoms with Crippen molar-refractivity contribution >= 4 is 5.69 Å². The van der Waals surface area contributed by atoms with Crippen LogP contribution < -0.4 is 10.5 Å². The summed E-state index contributed by atoms with van der Waals surface area (Å²) in [5.41, 5.74) is 8.69. The number of unbranched alkanes of at least 4 members (excludes halogenated alkanes) is 1. The maximum Gasteiger partial charge on any atom is 0.311 e. The molecular formula is C25H30N2O3. The molecule has 0 spiro atoms. The summed E-state index contributed by atoms with van der Waals surface area (Å²) in [5, 5.41) is 11.2.